The molecule has 98 valence electrons. The molecule has 1 amide bonds. The van der Waals surface area contributed by atoms with E-state index in [1.165, 1.54) is 0 Å². The van der Waals surface area contributed by atoms with Crippen LogP contribution in [0, 0.1) is 17.2 Å². The van der Waals surface area contributed by atoms with E-state index in [-0.39, 0.29) is 5.91 Å². The molecule has 2 unspecified atom stereocenters. The van der Waals surface area contributed by atoms with Gasteiger partial charge in [0.1, 0.15) is 5.92 Å². The number of nitrogens with zero attached hydrogens (tertiary/aromatic N) is 1. The molecule has 3 heteroatoms. The van der Waals surface area contributed by atoms with Crippen LogP contribution in [-0.2, 0) is 4.79 Å². The molecule has 1 N–H and O–H groups in total. The lowest BCUT2D eigenvalue weighted by Gasteiger charge is -2.19. The summed E-state index contributed by atoms with van der Waals surface area (Å²) < 4.78 is 0. The van der Waals surface area contributed by atoms with E-state index in [4.69, 9.17) is 5.26 Å². The molecule has 0 saturated heterocycles. The van der Waals surface area contributed by atoms with Crippen molar-refractivity contribution < 1.29 is 4.79 Å². The zero-order valence-electron chi connectivity index (χ0n) is 10.9. The smallest absolute Gasteiger partial charge is 0.241 e. The van der Waals surface area contributed by atoms with E-state index in [0.717, 1.165) is 24.8 Å². The van der Waals surface area contributed by atoms with Crippen molar-refractivity contribution in [2.24, 2.45) is 5.92 Å². The summed E-state index contributed by atoms with van der Waals surface area (Å²) in [5, 5.41) is 12.1. The fourth-order valence-corrected chi connectivity index (χ4v) is 2.32. The first-order chi connectivity index (χ1) is 9.31. The van der Waals surface area contributed by atoms with E-state index >= 15 is 0 Å². The topological polar surface area (TPSA) is 52.9 Å². The van der Waals surface area contributed by atoms with E-state index in [1.54, 1.807) is 0 Å². The highest BCUT2D eigenvalue weighted by molar-refractivity contribution is 5.86. The van der Waals surface area contributed by atoms with Crippen LogP contribution < -0.4 is 5.32 Å². The number of hydrogen-bond donors (Lipinski definition) is 1. The predicted molar refractivity (Wildman–Crippen MR) is 74.3 cm³/mol. The Labute approximate surface area is 113 Å². The zero-order chi connectivity index (χ0) is 13.5. The Kier molecular flexibility index (Phi) is 4.74. The van der Waals surface area contributed by atoms with Gasteiger partial charge in [-0.1, -0.05) is 42.5 Å². The van der Waals surface area contributed by atoms with Gasteiger partial charge in [0.05, 0.1) is 6.07 Å². The highest BCUT2D eigenvalue weighted by Crippen LogP contribution is 2.18. The average molecular weight is 254 g/mol. The quantitative estimate of drug-likeness (QED) is 0.840. The molecule has 0 bridgehead atoms. The fourth-order valence-electron chi connectivity index (χ4n) is 2.32. The lowest BCUT2D eigenvalue weighted by Crippen LogP contribution is -2.33. The van der Waals surface area contributed by atoms with Crippen molar-refractivity contribution in [3.05, 3.63) is 48.0 Å². The average Bonchev–Trinajstić information content (AvgIpc) is 2.48. The molecule has 2 rings (SSSR count). The Morgan fingerprint density at radius 3 is 2.79 bits per heavy atom. The number of allylic oxidation sites excluding steroid dienone is 2. The number of benzene rings is 1. The summed E-state index contributed by atoms with van der Waals surface area (Å²) in [6.45, 7) is 0.661. The molecular formula is C16H18N2O. The van der Waals surface area contributed by atoms with Crippen molar-refractivity contribution in [1.29, 1.82) is 5.26 Å². The number of amides is 1. The Morgan fingerprint density at radius 1 is 1.37 bits per heavy atom. The number of carbonyl (C=O) groups excluding carboxylic acids is 1. The maximum Gasteiger partial charge on any atom is 0.241 e. The SMILES string of the molecule is N#CC(C(=O)NCC1CC=CCC1)c1ccccc1. The minimum absolute atomic E-state index is 0.191. The van der Waals surface area contributed by atoms with E-state index in [0.29, 0.717) is 12.5 Å². The van der Waals surface area contributed by atoms with Gasteiger partial charge in [-0.25, -0.2) is 0 Å². The molecule has 0 saturated carbocycles. The summed E-state index contributed by atoms with van der Waals surface area (Å²) in [4.78, 5) is 12.1. The lowest BCUT2D eigenvalue weighted by atomic mass is 9.94. The van der Waals surface area contributed by atoms with Gasteiger partial charge in [-0.15, -0.1) is 0 Å². The Balaban J connectivity index is 1.91. The number of carbonyl (C=O) groups is 1. The molecule has 19 heavy (non-hydrogen) atoms. The zero-order valence-corrected chi connectivity index (χ0v) is 10.9. The van der Waals surface area contributed by atoms with Gasteiger partial charge < -0.3 is 5.32 Å². The van der Waals surface area contributed by atoms with E-state index in [1.807, 2.05) is 30.3 Å². The second-order valence-corrected chi connectivity index (χ2v) is 4.87. The molecule has 3 nitrogen and oxygen atoms in total. The lowest BCUT2D eigenvalue weighted by molar-refractivity contribution is -0.121. The van der Waals surface area contributed by atoms with Crippen molar-refractivity contribution in [3.8, 4) is 6.07 Å². The largest absolute Gasteiger partial charge is 0.354 e. The minimum Gasteiger partial charge on any atom is -0.354 e. The third-order valence-electron chi connectivity index (χ3n) is 3.47. The van der Waals surface area contributed by atoms with Gasteiger partial charge in [0, 0.05) is 6.54 Å². The maximum atomic E-state index is 12.1. The highest BCUT2D eigenvalue weighted by atomic mass is 16.1. The first kappa shape index (κ1) is 13.4. The predicted octanol–water partition coefficient (Wildman–Crippen LogP) is 2.77. The van der Waals surface area contributed by atoms with Crippen LogP contribution in [0.1, 0.15) is 30.7 Å². The first-order valence-corrected chi connectivity index (χ1v) is 6.68. The van der Waals surface area contributed by atoms with Gasteiger partial charge in [-0.3, -0.25) is 4.79 Å². The van der Waals surface area contributed by atoms with Crippen LogP contribution in [0.2, 0.25) is 0 Å². The molecule has 0 fully saturated rings. The van der Waals surface area contributed by atoms with Crippen LogP contribution in [0.5, 0.6) is 0 Å². The van der Waals surface area contributed by atoms with Crippen LogP contribution in [0.3, 0.4) is 0 Å². The van der Waals surface area contributed by atoms with Crippen molar-refractivity contribution in [2.45, 2.75) is 25.2 Å². The molecule has 2 atom stereocenters. The molecule has 1 aromatic carbocycles. The first-order valence-electron chi connectivity index (χ1n) is 6.68. The Hall–Kier alpha value is -2.08. The molecule has 1 aliphatic carbocycles. The van der Waals surface area contributed by atoms with Crippen molar-refractivity contribution >= 4 is 5.91 Å². The number of nitrogens with one attached hydrogen (secondary N) is 1. The van der Waals surface area contributed by atoms with E-state index in [9.17, 15) is 4.79 Å². The molecule has 0 aliphatic heterocycles. The Bertz CT molecular complexity index is 487. The monoisotopic (exact) mass is 254 g/mol. The summed E-state index contributed by atoms with van der Waals surface area (Å²) >= 11 is 0. The maximum absolute atomic E-state index is 12.1. The normalized spacial score (nSPS) is 19.4. The van der Waals surface area contributed by atoms with Crippen LogP contribution in [-0.4, -0.2) is 12.5 Å². The third-order valence-corrected chi connectivity index (χ3v) is 3.47. The summed E-state index contributed by atoms with van der Waals surface area (Å²) in [5.41, 5.74) is 0.756. The van der Waals surface area contributed by atoms with Crippen LogP contribution in [0.15, 0.2) is 42.5 Å². The second kappa shape index (κ2) is 6.75. The summed E-state index contributed by atoms with van der Waals surface area (Å²) in [6.07, 6.45) is 7.56. The summed E-state index contributed by atoms with van der Waals surface area (Å²) in [7, 11) is 0. The molecule has 0 radical (unpaired) electrons. The van der Waals surface area contributed by atoms with Gasteiger partial charge in [0.2, 0.25) is 5.91 Å². The fraction of sp³-hybridized carbons (Fsp3) is 0.375. The number of nitriles is 1. The van der Waals surface area contributed by atoms with Crippen molar-refractivity contribution in [1.82, 2.24) is 5.32 Å². The van der Waals surface area contributed by atoms with Gasteiger partial charge >= 0.3 is 0 Å². The van der Waals surface area contributed by atoms with Crippen LogP contribution in [0.4, 0.5) is 0 Å². The second-order valence-electron chi connectivity index (χ2n) is 4.87. The van der Waals surface area contributed by atoms with E-state index < -0.39 is 5.92 Å². The summed E-state index contributed by atoms with van der Waals surface area (Å²) in [6, 6.07) is 11.3. The van der Waals surface area contributed by atoms with Crippen LogP contribution >= 0.6 is 0 Å². The third kappa shape index (κ3) is 3.69. The summed E-state index contributed by atoms with van der Waals surface area (Å²) in [5.74, 6) is -0.396. The van der Waals surface area contributed by atoms with Gasteiger partial charge in [-0.05, 0) is 30.7 Å². The molecule has 1 aliphatic rings. The van der Waals surface area contributed by atoms with Gasteiger partial charge in [0.25, 0.3) is 0 Å². The van der Waals surface area contributed by atoms with Crippen molar-refractivity contribution in [2.75, 3.05) is 6.54 Å². The van der Waals surface area contributed by atoms with Crippen LogP contribution in [0.25, 0.3) is 0 Å². The molecular weight excluding hydrogens is 236 g/mol. The highest BCUT2D eigenvalue weighted by Gasteiger charge is 2.20. The number of hydrogen-bond acceptors (Lipinski definition) is 2. The Morgan fingerprint density at radius 2 is 2.16 bits per heavy atom. The van der Waals surface area contributed by atoms with Crippen molar-refractivity contribution in [3.63, 3.8) is 0 Å². The van der Waals surface area contributed by atoms with Gasteiger partial charge in [0.15, 0.2) is 0 Å². The van der Waals surface area contributed by atoms with Gasteiger partial charge in [-0.2, -0.15) is 5.26 Å². The molecule has 0 aromatic heterocycles. The van der Waals surface area contributed by atoms with E-state index in [2.05, 4.69) is 23.5 Å². The minimum atomic E-state index is -0.708. The molecule has 0 heterocycles. The molecule has 1 aromatic rings. The standard InChI is InChI=1S/C16H18N2O/c17-11-15(14-9-5-2-6-10-14)16(19)18-12-13-7-3-1-4-8-13/h1-3,5-6,9-10,13,15H,4,7-8,12H2,(H,18,19). The number of rotatable bonds is 4. The molecule has 0 spiro atoms.